The summed E-state index contributed by atoms with van der Waals surface area (Å²) in [4.78, 5) is 2.38. The number of likely N-dealkylation sites (N-methyl/N-ethyl adjacent to an activating group) is 1. The van der Waals surface area contributed by atoms with Gasteiger partial charge in [0.25, 0.3) is 0 Å². The molecular formula is C12H26N2O. The number of methoxy groups -OCH3 is 1. The van der Waals surface area contributed by atoms with E-state index in [0.717, 1.165) is 19.6 Å². The first-order valence-electron chi connectivity index (χ1n) is 6.00. The van der Waals surface area contributed by atoms with Crippen LogP contribution in [0.3, 0.4) is 0 Å². The van der Waals surface area contributed by atoms with Crippen LogP contribution in [0.25, 0.3) is 0 Å². The molecule has 0 aromatic heterocycles. The summed E-state index contributed by atoms with van der Waals surface area (Å²) in [6.45, 7) is 4.20. The minimum Gasteiger partial charge on any atom is -0.385 e. The van der Waals surface area contributed by atoms with E-state index in [1.807, 2.05) is 0 Å². The van der Waals surface area contributed by atoms with Crippen molar-refractivity contribution < 1.29 is 4.74 Å². The van der Waals surface area contributed by atoms with Crippen molar-refractivity contribution in [3.63, 3.8) is 0 Å². The van der Waals surface area contributed by atoms with E-state index in [2.05, 4.69) is 31.2 Å². The van der Waals surface area contributed by atoms with Gasteiger partial charge in [-0.15, -0.1) is 0 Å². The third-order valence-corrected chi connectivity index (χ3v) is 3.77. The van der Waals surface area contributed by atoms with Gasteiger partial charge in [-0.25, -0.2) is 0 Å². The number of hydrogen-bond acceptors (Lipinski definition) is 3. The fourth-order valence-electron chi connectivity index (χ4n) is 2.13. The standard InChI is InChI=1S/C12H26N2O/c1-11(6-9-15-4)13-10-12(14(2)3)7-5-8-12/h11,13H,5-10H2,1-4H3. The van der Waals surface area contributed by atoms with Crippen molar-refractivity contribution in [1.29, 1.82) is 0 Å². The van der Waals surface area contributed by atoms with Crippen LogP contribution in [0.4, 0.5) is 0 Å². The molecule has 1 unspecified atom stereocenters. The quantitative estimate of drug-likeness (QED) is 0.695. The van der Waals surface area contributed by atoms with Crippen LogP contribution in [0.2, 0.25) is 0 Å². The zero-order chi connectivity index (χ0) is 11.3. The molecule has 0 heterocycles. The first kappa shape index (κ1) is 12.9. The van der Waals surface area contributed by atoms with Gasteiger partial charge in [-0.05, 0) is 46.7 Å². The molecule has 1 aliphatic rings. The molecule has 1 rings (SSSR count). The van der Waals surface area contributed by atoms with Crippen molar-refractivity contribution in [2.45, 2.75) is 44.2 Å². The Labute approximate surface area is 94.2 Å². The van der Waals surface area contributed by atoms with Crippen molar-refractivity contribution in [3.8, 4) is 0 Å². The SMILES string of the molecule is COCCC(C)NCC1(N(C)C)CCC1. The maximum Gasteiger partial charge on any atom is 0.0476 e. The highest BCUT2D eigenvalue weighted by Gasteiger charge is 2.38. The Morgan fingerprint density at radius 3 is 2.47 bits per heavy atom. The van der Waals surface area contributed by atoms with Gasteiger partial charge in [0.2, 0.25) is 0 Å². The zero-order valence-corrected chi connectivity index (χ0v) is 10.7. The molecule has 0 saturated heterocycles. The van der Waals surface area contributed by atoms with Gasteiger partial charge < -0.3 is 15.0 Å². The van der Waals surface area contributed by atoms with Crippen molar-refractivity contribution in [2.24, 2.45) is 0 Å². The van der Waals surface area contributed by atoms with Gasteiger partial charge in [-0.1, -0.05) is 0 Å². The summed E-state index contributed by atoms with van der Waals surface area (Å²) in [5.41, 5.74) is 0.432. The van der Waals surface area contributed by atoms with Crippen molar-refractivity contribution in [3.05, 3.63) is 0 Å². The van der Waals surface area contributed by atoms with E-state index in [9.17, 15) is 0 Å². The molecule has 90 valence electrons. The predicted octanol–water partition coefficient (Wildman–Crippen LogP) is 1.49. The Bertz CT molecular complexity index is 178. The number of nitrogens with one attached hydrogen (secondary N) is 1. The minimum atomic E-state index is 0.432. The molecular weight excluding hydrogens is 188 g/mol. The molecule has 0 aromatic carbocycles. The minimum absolute atomic E-state index is 0.432. The summed E-state index contributed by atoms with van der Waals surface area (Å²) in [7, 11) is 6.15. The van der Waals surface area contributed by atoms with Crippen LogP contribution in [0.5, 0.6) is 0 Å². The van der Waals surface area contributed by atoms with E-state index >= 15 is 0 Å². The lowest BCUT2D eigenvalue weighted by Gasteiger charge is -2.48. The third-order valence-electron chi connectivity index (χ3n) is 3.77. The Balaban J connectivity index is 2.22. The highest BCUT2D eigenvalue weighted by atomic mass is 16.5. The molecule has 1 atom stereocenters. The highest BCUT2D eigenvalue weighted by molar-refractivity contribution is 4.97. The van der Waals surface area contributed by atoms with E-state index in [-0.39, 0.29) is 0 Å². The maximum atomic E-state index is 5.08. The number of rotatable bonds is 7. The summed E-state index contributed by atoms with van der Waals surface area (Å²) >= 11 is 0. The first-order valence-corrected chi connectivity index (χ1v) is 6.00. The Hall–Kier alpha value is -0.120. The van der Waals surface area contributed by atoms with Crippen molar-refractivity contribution in [2.75, 3.05) is 34.4 Å². The normalized spacial score (nSPS) is 21.4. The first-order chi connectivity index (χ1) is 7.10. The van der Waals surface area contributed by atoms with E-state index in [4.69, 9.17) is 4.74 Å². The maximum absolute atomic E-state index is 5.08. The number of hydrogen-bond donors (Lipinski definition) is 1. The zero-order valence-electron chi connectivity index (χ0n) is 10.7. The van der Waals surface area contributed by atoms with E-state index in [1.54, 1.807) is 7.11 Å². The predicted molar refractivity (Wildman–Crippen MR) is 64.2 cm³/mol. The molecule has 15 heavy (non-hydrogen) atoms. The fraction of sp³-hybridized carbons (Fsp3) is 1.00. The lowest BCUT2D eigenvalue weighted by Crippen LogP contribution is -2.57. The van der Waals surface area contributed by atoms with Crippen LogP contribution in [0.1, 0.15) is 32.6 Å². The molecule has 1 aliphatic carbocycles. The van der Waals surface area contributed by atoms with Crippen LogP contribution >= 0.6 is 0 Å². The second-order valence-electron chi connectivity index (χ2n) is 5.04. The lowest BCUT2D eigenvalue weighted by molar-refractivity contribution is 0.0562. The Morgan fingerprint density at radius 2 is 2.07 bits per heavy atom. The summed E-state index contributed by atoms with van der Waals surface area (Å²) in [5.74, 6) is 0. The molecule has 0 spiro atoms. The van der Waals surface area contributed by atoms with Crippen LogP contribution in [0.15, 0.2) is 0 Å². The largest absolute Gasteiger partial charge is 0.385 e. The van der Waals surface area contributed by atoms with Gasteiger partial charge in [0.15, 0.2) is 0 Å². The summed E-state index contributed by atoms with van der Waals surface area (Å²) in [5, 5.41) is 3.62. The van der Waals surface area contributed by atoms with Gasteiger partial charge in [-0.3, -0.25) is 0 Å². The molecule has 0 bridgehead atoms. The van der Waals surface area contributed by atoms with Crippen LogP contribution < -0.4 is 5.32 Å². The second-order valence-corrected chi connectivity index (χ2v) is 5.04. The Morgan fingerprint density at radius 1 is 1.40 bits per heavy atom. The molecule has 0 aliphatic heterocycles. The third kappa shape index (κ3) is 3.44. The molecule has 1 N–H and O–H groups in total. The van der Waals surface area contributed by atoms with Gasteiger partial charge in [0.05, 0.1) is 0 Å². The summed E-state index contributed by atoms with van der Waals surface area (Å²) < 4.78 is 5.08. The van der Waals surface area contributed by atoms with Crippen LogP contribution in [-0.2, 0) is 4.74 Å². The van der Waals surface area contributed by atoms with E-state index in [1.165, 1.54) is 19.3 Å². The molecule has 0 amide bonds. The van der Waals surface area contributed by atoms with Crippen molar-refractivity contribution >= 4 is 0 Å². The molecule has 3 nitrogen and oxygen atoms in total. The fourth-order valence-corrected chi connectivity index (χ4v) is 2.13. The smallest absolute Gasteiger partial charge is 0.0476 e. The summed E-state index contributed by atoms with van der Waals surface area (Å²) in [6.07, 6.45) is 5.15. The monoisotopic (exact) mass is 214 g/mol. The molecule has 3 heteroatoms. The topological polar surface area (TPSA) is 24.5 Å². The summed E-state index contributed by atoms with van der Waals surface area (Å²) in [6, 6.07) is 0.558. The highest BCUT2D eigenvalue weighted by Crippen LogP contribution is 2.35. The molecule has 1 saturated carbocycles. The Kier molecular flexibility index (Phi) is 5.03. The number of nitrogens with zero attached hydrogens (tertiary/aromatic N) is 1. The molecule has 0 radical (unpaired) electrons. The van der Waals surface area contributed by atoms with Gasteiger partial charge >= 0.3 is 0 Å². The number of ether oxygens (including phenoxy) is 1. The van der Waals surface area contributed by atoms with Crippen LogP contribution in [-0.4, -0.2) is 50.8 Å². The molecule has 0 aromatic rings. The van der Waals surface area contributed by atoms with Gasteiger partial charge in [-0.2, -0.15) is 0 Å². The average molecular weight is 214 g/mol. The lowest BCUT2D eigenvalue weighted by atomic mass is 9.75. The van der Waals surface area contributed by atoms with E-state index in [0.29, 0.717) is 11.6 Å². The van der Waals surface area contributed by atoms with Gasteiger partial charge in [0, 0.05) is 31.8 Å². The van der Waals surface area contributed by atoms with Gasteiger partial charge in [0.1, 0.15) is 0 Å². The second kappa shape index (κ2) is 5.83. The van der Waals surface area contributed by atoms with Crippen LogP contribution in [0, 0.1) is 0 Å². The van der Waals surface area contributed by atoms with Crippen molar-refractivity contribution in [1.82, 2.24) is 10.2 Å². The van der Waals surface area contributed by atoms with E-state index < -0.39 is 0 Å². The molecule has 1 fully saturated rings. The average Bonchev–Trinajstić information content (AvgIpc) is 2.12.